The zero-order valence-corrected chi connectivity index (χ0v) is 20.8. The number of aromatic nitrogens is 4. The Kier molecular flexibility index (Phi) is 7.45. The summed E-state index contributed by atoms with van der Waals surface area (Å²) in [4.78, 5) is 21.4. The summed E-state index contributed by atoms with van der Waals surface area (Å²) in [6.45, 7) is 8.27. The fourth-order valence-corrected chi connectivity index (χ4v) is 4.66. The van der Waals surface area contributed by atoms with Crippen LogP contribution in [-0.2, 0) is 0 Å². The molecule has 1 aliphatic carbocycles. The zero-order valence-electron chi connectivity index (χ0n) is 20.8. The Balaban J connectivity index is 1.48. The van der Waals surface area contributed by atoms with Crippen LogP contribution in [0, 0.1) is 30.1 Å². The van der Waals surface area contributed by atoms with Gasteiger partial charge in [-0.3, -0.25) is 9.48 Å². The summed E-state index contributed by atoms with van der Waals surface area (Å²) in [5.41, 5.74) is 3.97. The van der Waals surface area contributed by atoms with Crippen LogP contribution in [0.3, 0.4) is 0 Å². The molecule has 1 saturated carbocycles. The number of rotatable bonds is 6. The van der Waals surface area contributed by atoms with E-state index in [0.29, 0.717) is 29.4 Å². The number of anilines is 2. The quantitative estimate of drug-likeness (QED) is 0.465. The van der Waals surface area contributed by atoms with Crippen molar-refractivity contribution >= 4 is 17.5 Å². The Morgan fingerprint density at radius 1 is 1.14 bits per heavy atom. The van der Waals surface area contributed by atoms with Gasteiger partial charge in [0.2, 0.25) is 5.95 Å². The van der Waals surface area contributed by atoms with Gasteiger partial charge in [-0.25, -0.2) is 9.97 Å². The molecule has 35 heavy (non-hydrogen) atoms. The van der Waals surface area contributed by atoms with E-state index in [1.165, 1.54) is 12.8 Å². The lowest BCUT2D eigenvalue weighted by Gasteiger charge is -2.19. The predicted molar refractivity (Wildman–Crippen MR) is 136 cm³/mol. The molecule has 2 unspecified atom stereocenters. The molecule has 2 aromatic heterocycles. The highest BCUT2D eigenvalue weighted by Gasteiger charge is 2.23. The van der Waals surface area contributed by atoms with Crippen molar-refractivity contribution in [3.05, 3.63) is 54.0 Å². The number of amides is 1. The highest BCUT2D eigenvalue weighted by molar-refractivity contribution is 5.95. The average Bonchev–Trinajstić information content (AvgIpc) is 3.24. The van der Waals surface area contributed by atoms with Crippen molar-refractivity contribution in [3.8, 4) is 17.3 Å². The highest BCUT2D eigenvalue weighted by Crippen LogP contribution is 2.34. The molecule has 3 aromatic rings. The van der Waals surface area contributed by atoms with Crippen LogP contribution in [0.25, 0.3) is 11.3 Å². The fraction of sp³-hybridized carbons (Fsp3) is 0.444. The van der Waals surface area contributed by atoms with E-state index >= 15 is 0 Å². The lowest BCUT2D eigenvalue weighted by molar-refractivity contribution is 0.0948. The van der Waals surface area contributed by atoms with Gasteiger partial charge in [0.15, 0.2) is 0 Å². The molecule has 8 heteroatoms. The summed E-state index contributed by atoms with van der Waals surface area (Å²) in [5.74, 6) is 1.64. The van der Waals surface area contributed by atoms with Crippen LogP contribution in [0.15, 0.2) is 42.9 Å². The lowest BCUT2D eigenvalue weighted by atomic mass is 10.0. The molecule has 1 aromatic carbocycles. The topological polar surface area (TPSA) is 109 Å². The molecule has 0 saturated heterocycles. The van der Waals surface area contributed by atoms with E-state index in [4.69, 9.17) is 10.2 Å². The molecule has 1 aliphatic rings. The van der Waals surface area contributed by atoms with Crippen LogP contribution in [0.1, 0.15) is 68.4 Å². The van der Waals surface area contributed by atoms with Gasteiger partial charge in [-0.1, -0.05) is 38.8 Å². The van der Waals surface area contributed by atoms with Gasteiger partial charge in [-0.15, -0.1) is 0 Å². The molecule has 2 heterocycles. The van der Waals surface area contributed by atoms with E-state index in [-0.39, 0.29) is 5.91 Å². The molecule has 3 atom stereocenters. The Hall–Kier alpha value is -3.73. The van der Waals surface area contributed by atoms with E-state index in [2.05, 4.69) is 39.2 Å². The van der Waals surface area contributed by atoms with Crippen molar-refractivity contribution in [3.63, 3.8) is 0 Å². The number of carbonyl (C=O) groups excluding carboxylic acids is 1. The van der Waals surface area contributed by atoms with E-state index in [1.807, 2.05) is 37.5 Å². The van der Waals surface area contributed by atoms with Crippen molar-refractivity contribution < 1.29 is 4.79 Å². The number of benzene rings is 1. The number of hydrogen-bond donors (Lipinski definition) is 2. The number of nitriles is 1. The lowest BCUT2D eigenvalue weighted by Crippen LogP contribution is -2.31. The van der Waals surface area contributed by atoms with E-state index in [9.17, 15) is 4.79 Å². The van der Waals surface area contributed by atoms with Gasteiger partial charge >= 0.3 is 0 Å². The van der Waals surface area contributed by atoms with Gasteiger partial charge in [-0.2, -0.15) is 10.4 Å². The number of hydrogen-bond acceptors (Lipinski definition) is 6. The van der Waals surface area contributed by atoms with Gasteiger partial charge in [0, 0.05) is 23.5 Å². The molecule has 0 bridgehead atoms. The second-order valence-corrected chi connectivity index (χ2v) is 9.87. The standard InChI is InChI=1S/C27H33N7O/c1-17-5-6-18(2)12-24(11-17)34-16-23(15-30-34)32-27-29-14-19(3)25(33-27)21-7-9-22(10-8-21)26(35)31-20(4)13-28/h7-10,14-18,20,24H,5-6,11-12H2,1-4H3,(H,31,35)(H,29,32,33)/t17?,18?,20-,24?/m0/s1. The van der Waals surface area contributed by atoms with Crippen LogP contribution < -0.4 is 10.6 Å². The number of carbonyl (C=O) groups is 1. The van der Waals surface area contributed by atoms with Gasteiger partial charge < -0.3 is 10.6 Å². The maximum Gasteiger partial charge on any atom is 0.252 e. The minimum Gasteiger partial charge on any atom is -0.337 e. The summed E-state index contributed by atoms with van der Waals surface area (Å²) < 4.78 is 2.09. The first-order chi connectivity index (χ1) is 16.8. The molecule has 0 spiro atoms. The van der Waals surface area contributed by atoms with Gasteiger partial charge in [0.1, 0.15) is 6.04 Å². The van der Waals surface area contributed by atoms with Crippen LogP contribution in [0.2, 0.25) is 0 Å². The first-order valence-electron chi connectivity index (χ1n) is 12.3. The number of nitrogens with one attached hydrogen (secondary N) is 2. The molecule has 4 rings (SSSR count). The second-order valence-electron chi connectivity index (χ2n) is 9.87. The first-order valence-corrected chi connectivity index (χ1v) is 12.3. The third-order valence-corrected chi connectivity index (χ3v) is 6.67. The van der Waals surface area contributed by atoms with Crippen LogP contribution in [-0.4, -0.2) is 31.7 Å². The Morgan fingerprint density at radius 2 is 1.83 bits per heavy atom. The minimum atomic E-state index is -0.543. The summed E-state index contributed by atoms with van der Waals surface area (Å²) in [5, 5.41) is 19.5. The molecule has 0 radical (unpaired) electrons. The fourth-order valence-electron chi connectivity index (χ4n) is 4.66. The Labute approximate surface area is 206 Å². The van der Waals surface area contributed by atoms with Gasteiger partial charge in [-0.05, 0) is 56.2 Å². The van der Waals surface area contributed by atoms with Crippen molar-refractivity contribution in [1.82, 2.24) is 25.1 Å². The maximum absolute atomic E-state index is 12.3. The molecule has 8 nitrogen and oxygen atoms in total. The zero-order chi connectivity index (χ0) is 24.9. The highest BCUT2D eigenvalue weighted by atomic mass is 16.1. The minimum absolute atomic E-state index is 0.276. The normalized spacial score (nSPS) is 20.9. The SMILES string of the molecule is Cc1cnc(Nc2cnn(C3CC(C)CCC(C)C3)c2)nc1-c1ccc(C(=O)N[C@@H](C)C#N)cc1. The van der Waals surface area contributed by atoms with Crippen molar-refractivity contribution in [2.24, 2.45) is 11.8 Å². The van der Waals surface area contributed by atoms with Gasteiger partial charge in [0.05, 0.1) is 29.7 Å². The average molecular weight is 472 g/mol. The van der Waals surface area contributed by atoms with Crippen LogP contribution in [0.4, 0.5) is 11.6 Å². The molecule has 0 aliphatic heterocycles. The van der Waals surface area contributed by atoms with Crippen LogP contribution >= 0.6 is 0 Å². The van der Waals surface area contributed by atoms with E-state index in [1.54, 1.807) is 25.3 Å². The van der Waals surface area contributed by atoms with Crippen LogP contribution in [0.5, 0.6) is 0 Å². The van der Waals surface area contributed by atoms with Crippen molar-refractivity contribution in [2.75, 3.05) is 5.32 Å². The second kappa shape index (κ2) is 10.7. The molecule has 1 amide bonds. The largest absolute Gasteiger partial charge is 0.337 e. The Morgan fingerprint density at radius 3 is 2.49 bits per heavy atom. The Bertz CT molecular complexity index is 1200. The molecular weight excluding hydrogens is 438 g/mol. The smallest absolute Gasteiger partial charge is 0.252 e. The number of aryl methyl sites for hydroxylation is 1. The monoisotopic (exact) mass is 471 g/mol. The molecule has 182 valence electrons. The van der Waals surface area contributed by atoms with Crippen molar-refractivity contribution in [1.29, 1.82) is 5.26 Å². The summed E-state index contributed by atoms with van der Waals surface area (Å²) in [6.07, 6.45) is 10.6. The predicted octanol–water partition coefficient (Wildman–Crippen LogP) is 5.42. The summed E-state index contributed by atoms with van der Waals surface area (Å²) in [7, 11) is 0. The van der Waals surface area contributed by atoms with E-state index < -0.39 is 6.04 Å². The molecular formula is C27H33N7O. The van der Waals surface area contributed by atoms with E-state index in [0.717, 1.165) is 35.3 Å². The first kappa shape index (κ1) is 24.4. The number of nitrogens with zero attached hydrogens (tertiary/aromatic N) is 5. The summed E-state index contributed by atoms with van der Waals surface area (Å²) >= 11 is 0. The van der Waals surface area contributed by atoms with Gasteiger partial charge in [0.25, 0.3) is 5.91 Å². The van der Waals surface area contributed by atoms with Crippen molar-refractivity contribution in [2.45, 2.75) is 65.5 Å². The summed E-state index contributed by atoms with van der Waals surface area (Å²) in [6, 6.07) is 9.07. The maximum atomic E-state index is 12.3. The molecule has 1 fully saturated rings. The molecule has 2 N–H and O–H groups in total. The third kappa shape index (κ3) is 6.04. The third-order valence-electron chi connectivity index (χ3n) is 6.67.